The molecule has 0 saturated carbocycles. The maximum absolute atomic E-state index is 10.4. The zero-order valence-electron chi connectivity index (χ0n) is 13.1. The van der Waals surface area contributed by atoms with Gasteiger partial charge in [0.25, 0.3) is 0 Å². The maximum atomic E-state index is 10.4. The number of nitrogens with zero attached hydrogens (tertiary/aromatic N) is 4. The minimum absolute atomic E-state index is 0.483. The molecule has 5 atom stereocenters. The number of hydrogen-bond donors (Lipinski definition) is 5. The molecule has 2 aromatic heterocycles. The van der Waals surface area contributed by atoms with Crippen molar-refractivity contribution < 1.29 is 25.5 Å². The second-order valence-corrected chi connectivity index (χ2v) is 6.80. The van der Waals surface area contributed by atoms with Crippen molar-refractivity contribution in [2.45, 2.75) is 34.8 Å². The van der Waals surface area contributed by atoms with Gasteiger partial charge in [-0.05, 0) is 12.5 Å². The van der Waals surface area contributed by atoms with Crippen LogP contribution < -0.4 is 0 Å². The van der Waals surface area contributed by atoms with E-state index in [0.717, 1.165) is 0 Å². The van der Waals surface area contributed by atoms with Crippen LogP contribution >= 0.6 is 23.5 Å². The number of aliphatic hydroxyl groups is 5. The lowest BCUT2D eigenvalue weighted by atomic mass is 10.0. The van der Waals surface area contributed by atoms with E-state index in [1.54, 1.807) is 10.8 Å². The Labute approximate surface area is 146 Å². The molecule has 0 bridgehead atoms. The van der Waals surface area contributed by atoms with Gasteiger partial charge in [0.1, 0.15) is 46.7 Å². The lowest BCUT2D eigenvalue weighted by Crippen LogP contribution is -2.48. The number of aliphatic hydroxyl groups excluding tert-OH is 5. The Hall–Kier alpha value is -0.950. The highest BCUT2D eigenvalue weighted by atomic mass is 32.2. The summed E-state index contributed by atoms with van der Waals surface area (Å²) in [5.74, 6) is 0. The molecule has 11 heteroatoms. The van der Waals surface area contributed by atoms with Gasteiger partial charge in [0.15, 0.2) is 5.65 Å². The molecule has 2 rings (SSSR count). The Morgan fingerprint density at radius 1 is 1.04 bits per heavy atom. The van der Waals surface area contributed by atoms with Crippen LogP contribution in [0.15, 0.2) is 17.7 Å². The topological polar surface area (TPSA) is 145 Å². The van der Waals surface area contributed by atoms with Crippen molar-refractivity contribution in [3.63, 3.8) is 0 Å². The fraction of sp³-hybridized carbons (Fsp3) is 0.615. The number of thioether (sulfide) groups is 2. The van der Waals surface area contributed by atoms with E-state index in [1.807, 2.05) is 6.26 Å². The summed E-state index contributed by atoms with van der Waals surface area (Å²) in [5, 5.41) is 48.6. The quantitative estimate of drug-likeness (QED) is 0.283. The van der Waals surface area contributed by atoms with Crippen LogP contribution in [0.5, 0.6) is 0 Å². The molecule has 0 saturated heterocycles. The van der Waals surface area contributed by atoms with Gasteiger partial charge in [-0.3, -0.25) is 4.57 Å². The molecule has 2 aromatic rings. The van der Waals surface area contributed by atoms with Gasteiger partial charge in [0.05, 0.1) is 12.9 Å². The highest BCUT2D eigenvalue weighted by Crippen LogP contribution is 2.31. The molecule has 9 nitrogen and oxygen atoms in total. The Morgan fingerprint density at radius 2 is 1.75 bits per heavy atom. The molecule has 0 radical (unpaired) electrons. The molecule has 5 N–H and O–H groups in total. The van der Waals surface area contributed by atoms with E-state index in [0.29, 0.717) is 16.2 Å². The monoisotopic (exact) mass is 376 g/mol. The first-order valence-electron chi connectivity index (χ1n) is 7.03. The average molecular weight is 376 g/mol. The van der Waals surface area contributed by atoms with E-state index in [9.17, 15) is 20.4 Å². The van der Waals surface area contributed by atoms with Crippen LogP contribution in [0.3, 0.4) is 0 Å². The Balaban J connectivity index is 2.34. The van der Waals surface area contributed by atoms with Crippen LogP contribution in [0.1, 0.15) is 5.37 Å². The van der Waals surface area contributed by atoms with Crippen LogP contribution in [-0.2, 0) is 0 Å². The summed E-state index contributed by atoms with van der Waals surface area (Å²) in [5.41, 5.74) is 1.05. The summed E-state index contributed by atoms with van der Waals surface area (Å²) in [6, 6.07) is 0. The molecule has 134 valence electrons. The zero-order valence-corrected chi connectivity index (χ0v) is 14.7. The second kappa shape index (κ2) is 8.43. The van der Waals surface area contributed by atoms with E-state index >= 15 is 0 Å². The second-order valence-electron chi connectivity index (χ2n) is 5.05. The summed E-state index contributed by atoms with van der Waals surface area (Å²) in [6.07, 6.45) is 0.107. The van der Waals surface area contributed by atoms with Crippen LogP contribution in [0, 0.1) is 0 Å². The van der Waals surface area contributed by atoms with Gasteiger partial charge in [-0.15, -0.1) is 23.5 Å². The fourth-order valence-electron chi connectivity index (χ4n) is 2.29. The highest BCUT2D eigenvalue weighted by molar-refractivity contribution is 7.99. The van der Waals surface area contributed by atoms with Crippen LogP contribution in [0.25, 0.3) is 11.2 Å². The molecule has 24 heavy (non-hydrogen) atoms. The lowest BCUT2D eigenvalue weighted by Gasteiger charge is -2.30. The van der Waals surface area contributed by atoms with E-state index in [4.69, 9.17) is 5.11 Å². The lowest BCUT2D eigenvalue weighted by molar-refractivity contribution is -0.118. The van der Waals surface area contributed by atoms with Crippen LogP contribution in [0.4, 0.5) is 0 Å². The van der Waals surface area contributed by atoms with Gasteiger partial charge in [-0.2, -0.15) is 0 Å². The maximum Gasteiger partial charge on any atom is 0.165 e. The molecule has 0 fully saturated rings. The van der Waals surface area contributed by atoms with Crippen molar-refractivity contribution in [2.75, 3.05) is 19.1 Å². The van der Waals surface area contributed by atoms with Crippen molar-refractivity contribution in [1.82, 2.24) is 19.5 Å². The predicted molar refractivity (Wildman–Crippen MR) is 90.8 cm³/mol. The summed E-state index contributed by atoms with van der Waals surface area (Å²) >= 11 is 2.63. The van der Waals surface area contributed by atoms with E-state index in [2.05, 4.69) is 15.0 Å². The third-order valence-corrected chi connectivity index (χ3v) is 5.28. The molecule has 0 aliphatic carbocycles. The fourth-order valence-corrected chi connectivity index (χ4v) is 3.60. The molecular formula is C13H20N4O5S2. The number of rotatable bonds is 8. The Morgan fingerprint density at radius 3 is 2.33 bits per heavy atom. The van der Waals surface area contributed by atoms with Crippen molar-refractivity contribution in [2.24, 2.45) is 0 Å². The normalized spacial score (nSPS) is 18.3. The average Bonchev–Trinajstić information content (AvgIpc) is 3.04. The minimum Gasteiger partial charge on any atom is -0.394 e. The third-order valence-electron chi connectivity index (χ3n) is 3.61. The molecule has 2 heterocycles. The first-order valence-corrected chi connectivity index (χ1v) is 9.54. The summed E-state index contributed by atoms with van der Waals surface area (Å²) in [4.78, 5) is 12.6. The van der Waals surface area contributed by atoms with Crippen LogP contribution in [0.2, 0.25) is 0 Å². The number of hydrogen-bond acceptors (Lipinski definition) is 10. The highest BCUT2D eigenvalue weighted by Gasteiger charge is 2.36. The van der Waals surface area contributed by atoms with Gasteiger partial charge in [0, 0.05) is 0 Å². The first kappa shape index (κ1) is 19.4. The summed E-state index contributed by atoms with van der Waals surface area (Å²) in [7, 11) is 0. The van der Waals surface area contributed by atoms with Crippen molar-refractivity contribution in [3.8, 4) is 0 Å². The van der Waals surface area contributed by atoms with Crippen molar-refractivity contribution in [3.05, 3.63) is 12.7 Å². The molecule has 5 unspecified atom stereocenters. The van der Waals surface area contributed by atoms with Crippen LogP contribution in [-0.4, -0.2) is 88.6 Å². The van der Waals surface area contributed by atoms with Gasteiger partial charge in [-0.1, -0.05) is 0 Å². The summed E-state index contributed by atoms with van der Waals surface area (Å²) in [6.45, 7) is -0.729. The first-order chi connectivity index (χ1) is 11.5. The minimum atomic E-state index is -1.69. The molecule has 0 aliphatic rings. The summed E-state index contributed by atoms with van der Waals surface area (Å²) < 4.78 is 1.58. The van der Waals surface area contributed by atoms with E-state index in [-0.39, 0.29) is 0 Å². The number of imidazole rings is 1. The molecule has 0 aromatic carbocycles. The Bertz CT molecular complexity index is 673. The molecule has 0 spiro atoms. The smallest absolute Gasteiger partial charge is 0.165 e. The van der Waals surface area contributed by atoms with Gasteiger partial charge < -0.3 is 25.5 Å². The predicted octanol–water partition coefficient (Wildman–Crippen LogP) is -1.15. The van der Waals surface area contributed by atoms with Gasteiger partial charge in [-0.25, -0.2) is 15.0 Å². The standard InChI is InChI=1S/C13H20N4O5S2/c1-23-12-7-11(14-4-15-12)17(5-16-7)13(24-2)10(22)9(21)8(20)6(19)3-18/h4-6,8-10,13,18-22H,3H2,1-2H3. The Kier molecular flexibility index (Phi) is 6.80. The zero-order chi connectivity index (χ0) is 17.9. The number of aromatic nitrogens is 4. The molecule has 0 aliphatic heterocycles. The van der Waals surface area contributed by atoms with Crippen molar-refractivity contribution >= 4 is 34.7 Å². The van der Waals surface area contributed by atoms with E-state index < -0.39 is 36.4 Å². The van der Waals surface area contributed by atoms with Gasteiger partial charge in [0.2, 0.25) is 0 Å². The number of fused-ring (bicyclic) bond motifs is 1. The van der Waals surface area contributed by atoms with Gasteiger partial charge >= 0.3 is 0 Å². The van der Waals surface area contributed by atoms with Crippen molar-refractivity contribution in [1.29, 1.82) is 0 Å². The molecular weight excluding hydrogens is 356 g/mol. The third kappa shape index (κ3) is 3.67. The SMILES string of the molecule is CSc1ncnc2c1ncn2C(SC)C(O)C(O)C(O)C(O)CO. The molecule has 0 amide bonds. The largest absolute Gasteiger partial charge is 0.394 e. The van der Waals surface area contributed by atoms with E-state index in [1.165, 1.54) is 36.2 Å².